The predicted molar refractivity (Wildman–Crippen MR) is 62.7 cm³/mol. The molecule has 4 heteroatoms. The first-order chi connectivity index (χ1) is 7.06. The third-order valence-corrected chi connectivity index (χ3v) is 2.38. The van der Waals surface area contributed by atoms with Crippen molar-refractivity contribution < 1.29 is 0 Å². The summed E-state index contributed by atoms with van der Waals surface area (Å²) in [7, 11) is 0. The maximum absolute atomic E-state index is 5.78. The van der Waals surface area contributed by atoms with Gasteiger partial charge in [0.15, 0.2) is 0 Å². The Morgan fingerprint density at radius 2 is 2.07 bits per heavy atom. The molecular formula is C11H22N4. The summed E-state index contributed by atoms with van der Waals surface area (Å²) < 4.78 is 2.16. The van der Waals surface area contributed by atoms with Gasteiger partial charge in [-0.05, 0) is 13.8 Å². The lowest BCUT2D eigenvalue weighted by atomic mass is 10.2. The molecule has 0 aromatic carbocycles. The van der Waals surface area contributed by atoms with Crippen molar-refractivity contribution in [2.24, 2.45) is 5.73 Å². The van der Waals surface area contributed by atoms with E-state index in [0.717, 1.165) is 0 Å². The molecule has 1 heterocycles. The molecular weight excluding hydrogens is 188 g/mol. The molecule has 3 N–H and O–H groups in total. The van der Waals surface area contributed by atoms with Crippen LogP contribution in [-0.4, -0.2) is 22.1 Å². The van der Waals surface area contributed by atoms with E-state index in [0.29, 0.717) is 18.6 Å². The van der Waals surface area contributed by atoms with Crippen LogP contribution >= 0.6 is 0 Å². The normalized spacial score (nSPS) is 13.8. The Labute approximate surface area is 91.9 Å². The Bertz CT molecular complexity index is 291. The average Bonchev–Trinajstić information content (AvgIpc) is 2.62. The summed E-state index contributed by atoms with van der Waals surface area (Å²) in [6.07, 6.45) is 3.76. The molecule has 1 aromatic rings. The number of hydrogen-bond donors (Lipinski definition) is 2. The number of nitrogens with zero attached hydrogens (tertiary/aromatic N) is 2. The molecule has 1 atom stereocenters. The minimum atomic E-state index is 0.190. The van der Waals surface area contributed by atoms with Gasteiger partial charge in [-0.1, -0.05) is 13.8 Å². The number of hydrogen-bond acceptors (Lipinski definition) is 3. The zero-order chi connectivity index (χ0) is 11.4. The van der Waals surface area contributed by atoms with Crippen LogP contribution in [0, 0.1) is 0 Å². The van der Waals surface area contributed by atoms with Gasteiger partial charge >= 0.3 is 0 Å². The Morgan fingerprint density at radius 1 is 1.40 bits per heavy atom. The first-order valence-corrected chi connectivity index (χ1v) is 5.54. The molecule has 0 saturated carbocycles. The van der Waals surface area contributed by atoms with Crippen molar-refractivity contribution in [2.45, 2.75) is 45.8 Å². The highest BCUT2D eigenvalue weighted by Crippen LogP contribution is 2.16. The van der Waals surface area contributed by atoms with Crippen molar-refractivity contribution in [3.05, 3.63) is 18.2 Å². The summed E-state index contributed by atoms with van der Waals surface area (Å²) in [5, 5.41) is 3.44. The molecule has 0 aliphatic rings. The number of aromatic nitrogens is 2. The summed E-state index contributed by atoms with van der Waals surface area (Å²) >= 11 is 0. The topological polar surface area (TPSA) is 55.9 Å². The molecule has 1 aromatic heterocycles. The van der Waals surface area contributed by atoms with Crippen molar-refractivity contribution in [1.82, 2.24) is 14.9 Å². The molecule has 0 amide bonds. The molecule has 0 radical (unpaired) electrons. The molecule has 0 aliphatic heterocycles. The number of nitrogens with two attached hydrogens (primary N) is 1. The Kier molecular flexibility index (Phi) is 4.29. The molecule has 1 rings (SSSR count). The van der Waals surface area contributed by atoms with E-state index >= 15 is 0 Å². The smallest absolute Gasteiger partial charge is 0.0951 e. The van der Waals surface area contributed by atoms with Crippen molar-refractivity contribution in [3.63, 3.8) is 0 Å². The highest BCUT2D eigenvalue weighted by molar-refractivity contribution is 5.07. The quantitative estimate of drug-likeness (QED) is 0.773. The summed E-state index contributed by atoms with van der Waals surface area (Å²) in [5.74, 6) is 0. The third-order valence-electron chi connectivity index (χ3n) is 2.38. The van der Waals surface area contributed by atoms with E-state index < -0.39 is 0 Å². The van der Waals surface area contributed by atoms with E-state index in [-0.39, 0.29) is 6.04 Å². The van der Waals surface area contributed by atoms with Crippen LogP contribution in [0.2, 0.25) is 0 Å². The number of nitrogens with one attached hydrogen (secondary N) is 1. The molecule has 1 unspecified atom stereocenters. The van der Waals surface area contributed by atoms with Gasteiger partial charge in [0.1, 0.15) is 0 Å². The fourth-order valence-corrected chi connectivity index (χ4v) is 1.69. The van der Waals surface area contributed by atoms with Crippen LogP contribution in [0.15, 0.2) is 12.5 Å². The summed E-state index contributed by atoms with van der Waals surface area (Å²) in [5.41, 5.74) is 6.95. The second-order valence-corrected chi connectivity index (χ2v) is 4.43. The van der Waals surface area contributed by atoms with Crippen molar-refractivity contribution in [3.8, 4) is 0 Å². The number of imidazole rings is 1. The van der Waals surface area contributed by atoms with Gasteiger partial charge in [0.25, 0.3) is 0 Å². The minimum Gasteiger partial charge on any atom is -0.331 e. The fourth-order valence-electron chi connectivity index (χ4n) is 1.69. The van der Waals surface area contributed by atoms with Crippen LogP contribution in [0.5, 0.6) is 0 Å². The van der Waals surface area contributed by atoms with Gasteiger partial charge in [-0.25, -0.2) is 4.98 Å². The zero-order valence-electron chi connectivity index (χ0n) is 10.1. The monoisotopic (exact) mass is 210 g/mol. The minimum absolute atomic E-state index is 0.190. The third kappa shape index (κ3) is 3.04. The van der Waals surface area contributed by atoms with Gasteiger partial charge in [-0.2, -0.15) is 0 Å². The van der Waals surface area contributed by atoms with Crippen molar-refractivity contribution in [1.29, 1.82) is 0 Å². The lowest BCUT2D eigenvalue weighted by molar-refractivity contribution is 0.444. The van der Waals surface area contributed by atoms with Crippen LogP contribution < -0.4 is 11.1 Å². The first kappa shape index (κ1) is 12.2. The average molecular weight is 210 g/mol. The maximum Gasteiger partial charge on any atom is 0.0951 e. The maximum atomic E-state index is 5.78. The molecule has 15 heavy (non-hydrogen) atoms. The molecule has 0 aliphatic carbocycles. The van der Waals surface area contributed by atoms with Gasteiger partial charge < -0.3 is 15.6 Å². The van der Waals surface area contributed by atoms with E-state index in [9.17, 15) is 0 Å². The molecule has 0 fully saturated rings. The van der Waals surface area contributed by atoms with E-state index in [1.165, 1.54) is 5.69 Å². The Hall–Kier alpha value is -0.870. The zero-order valence-corrected chi connectivity index (χ0v) is 10.1. The van der Waals surface area contributed by atoms with Gasteiger partial charge in [0, 0.05) is 24.8 Å². The Balaban J connectivity index is 2.86. The lowest BCUT2D eigenvalue weighted by Gasteiger charge is -2.22. The fraction of sp³-hybridized carbons (Fsp3) is 0.727. The van der Waals surface area contributed by atoms with Crippen LogP contribution in [-0.2, 0) is 0 Å². The predicted octanol–water partition coefficient (Wildman–Crippen LogP) is 1.46. The first-order valence-electron chi connectivity index (χ1n) is 5.54. The van der Waals surface area contributed by atoms with Crippen molar-refractivity contribution >= 4 is 0 Å². The highest BCUT2D eigenvalue weighted by atomic mass is 15.1. The number of rotatable bonds is 5. The lowest BCUT2D eigenvalue weighted by Crippen LogP contribution is -2.34. The SMILES string of the molecule is CC(C)NC(CN)c1cncn1C(C)C. The van der Waals surface area contributed by atoms with E-state index in [4.69, 9.17) is 5.73 Å². The molecule has 0 spiro atoms. The summed E-state index contributed by atoms with van der Waals surface area (Å²) in [6, 6.07) is 1.04. The molecule has 0 bridgehead atoms. The van der Waals surface area contributed by atoms with Crippen molar-refractivity contribution in [2.75, 3.05) is 6.54 Å². The molecule has 86 valence electrons. The standard InChI is InChI=1S/C11H22N4/c1-8(2)14-10(5-12)11-6-13-7-15(11)9(3)4/h6-10,14H,5,12H2,1-4H3. The Morgan fingerprint density at radius 3 is 2.53 bits per heavy atom. The summed E-state index contributed by atoms with van der Waals surface area (Å²) in [6.45, 7) is 9.14. The van der Waals surface area contributed by atoms with E-state index in [1.54, 1.807) is 0 Å². The van der Waals surface area contributed by atoms with Crippen LogP contribution in [0.25, 0.3) is 0 Å². The van der Waals surface area contributed by atoms with Gasteiger partial charge in [-0.15, -0.1) is 0 Å². The van der Waals surface area contributed by atoms with Gasteiger partial charge in [0.2, 0.25) is 0 Å². The largest absolute Gasteiger partial charge is 0.331 e. The highest BCUT2D eigenvalue weighted by Gasteiger charge is 2.16. The van der Waals surface area contributed by atoms with E-state index in [2.05, 4.69) is 42.6 Å². The van der Waals surface area contributed by atoms with Crippen LogP contribution in [0.3, 0.4) is 0 Å². The van der Waals surface area contributed by atoms with E-state index in [1.807, 2.05) is 12.5 Å². The second-order valence-electron chi connectivity index (χ2n) is 4.43. The van der Waals surface area contributed by atoms with Gasteiger partial charge in [-0.3, -0.25) is 0 Å². The molecule has 0 saturated heterocycles. The van der Waals surface area contributed by atoms with Crippen LogP contribution in [0.1, 0.15) is 45.5 Å². The van der Waals surface area contributed by atoms with Crippen LogP contribution in [0.4, 0.5) is 0 Å². The molecule has 4 nitrogen and oxygen atoms in total. The van der Waals surface area contributed by atoms with Gasteiger partial charge in [0.05, 0.1) is 18.1 Å². The second kappa shape index (κ2) is 5.28. The summed E-state index contributed by atoms with van der Waals surface area (Å²) in [4.78, 5) is 4.19.